The zero-order valence-corrected chi connectivity index (χ0v) is 7.53. The topological polar surface area (TPSA) is 53.2 Å². The Morgan fingerprint density at radius 1 is 1.50 bits per heavy atom. The maximum atomic E-state index is 9.61. The van der Waals surface area contributed by atoms with Gasteiger partial charge in [-0.1, -0.05) is 13.8 Å². The number of aliphatic hydroxyl groups excluding tert-OH is 1. The fourth-order valence-electron chi connectivity index (χ4n) is 1.44. The summed E-state index contributed by atoms with van der Waals surface area (Å²) < 4.78 is 5.32. The number of rotatable bonds is 2. The minimum Gasteiger partial charge on any atom is -0.390 e. The summed E-state index contributed by atoms with van der Waals surface area (Å²) in [6.45, 7) is 3.90. The number of nitriles is 1. The zero-order valence-electron chi connectivity index (χ0n) is 7.53. The van der Waals surface area contributed by atoms with Crippen LogP contribution in [0.15, 0.2) is 0 Å². The van der Waals surface area contributed by atoms with Crippen LogP contribution < -0.4 is 0 Å². The van der Waals surface area contributed by atoms with Crippen molar-refractivity contribution in [1.82, 2.24) is 0 Å². The summed E-state index contributed by atoms with van der Waals surface area (Å²) in [6, 6.07) is 2.05. The average Bonchev–Trinajstić information content (AvgIpc) is 2.50. The molecule has 0 unspecified atom stereocenters. The molecule has 3 nitrogen and oxygen atoms in total. The van der Waals surface area contributed by atoms with Gasteiger partial charge in [-0.3, -0.25) is 0 Å². The molecule has 1 saturated heterocycles. The second-order valence-corrected chi connectivity index (χ2v) is 3.60. The highest BCUT2D eigenvalue weighted by molar-refractivity contribution is 4.92. The van der Waals surface area contributed by atoms with Crippen LogP contribution in [0.3, 0.4) is 0 Å². The molecular weight excluding hydrogens is 154 g/mol. The van der Waals surface area contributed by atoms with E-state index >= 15 is 0 Å². The van der Waals surface area contributed by atoms with Gasteiger partial charge in [-0.25, -0.2) is 0 Å². The number of hydrogen-bond donors (Lipinski definition) is 1. The normalized spacial score (nSPS) is 31.9. The van der Waals surface area contributed by atoms with E-state index in [0.717, 1.165) is 12.8 Å². The fourth-order valence-corrected chi connectivity index (χ4v) is 1.44. The van der Waals surface area contributed by atoms with E-state index in [1.807, 2.05) is 13.8 Å². The summed E-state index contributed by atoms with van der Waals surface area (Å²) >= 11 is 0. The lowest BCUT2D eigenvalue weighted by molar-refractivity contribution is -0.0386. The first-order valence-corrected chi connectivity index (χ1v) is 4.38. The van der Waals surface area contributed by atoms with Gasteiger partial charge >= 0.3 is 0 Å². The van der Waals surface area contributed by atoms with Crippen LogP contribution in [0.4, 0.5) is 0 Å². The Balaban J connectivity index is 2.42. The fraction of sp³-hybridized carbons (Fsp3) is 0.889. The van der Waals surface area contributed by atoms with Crippen molar-refractivity contribution >= 4 is 0 Å². The highest BCUT2D eigenvalue weighted by atomic mass is 16.5. The molecule has 1 aliphatic heterocycles. The van der Waals surface area contributed by atoms with Crippen molar-refractivity contribution in [2.75, 3.05) is 0 Å². The predicted octanol–water partition coefficient (Wildman–Crippen LogP) is 1.07. The van der Waals surface area contributed by atoms with Gasteiger partial charge in [0.05, 0.1) is 18.3 Å². The van der Waals surface area contributed by atoms with Crippen molar-refractivity contribution in [3.05, 3.63) is 0 Å². The van der Waals surface area contributed by atoms with Crippen molar-refractivity contribution in [3.63, 3.8) is 0 Å². The quantitative estimate of drug-likeness (QED) is 0.672. The van der Waals surface area contributed by atoms with Gasteiger partial charge in [0.25, 0.3) is 0 Å². The summed E-state index contributed by atoms with van der Waals surface area (Å²) in [6.07, 6.45) is 0.698. The molecule has 1 rings (SSSR count). The number of ether oxygens (including phenoxy) is 1. The summed E-state index contributed by atoms with van der Waals surface area (Å²) in [5.74, 6) is 0.201. The third kappa shape index (κ3) is 1.96. The monoisotopic (exact) mass is 169 g/mol. The molecule has 0 spiro atoms. The third-order valence-corrected chi connectivity index (χ3v) is 2.26. The van der Waals surface area contributed by atoms with Crippen LogP contribution in [0.2, 0.25) is 0 Å². The van der Waals surface area contributed by atoms with Gasteiger partial charge in [-0.2, -0.15) is 5.26 Å². The number of nitrogens with zero attached hydrogens (tertiary/aromatic N) is 1. The Morgan fingerprint density at radius 3 is 2.58 bits per heavy atom. The molecule has 0 aromatic rings. The third-order valence-electron chi connectivity index (χ3n) is 2.26. The van der Waals surface area contributed by atoms with Gasteiger partial charge in [0.1, 0.15) is 6.10 Å². The Kier molecular flexibility index (Phi) is 3.07. The van der Waals surface area contributed by atoms with Crippen molar-refractivity contribution in [3.8, 4) is 6.07 Å². The second-order valence-electron chi connectivity index (χ2n) is 3.60. The molecule has 12 heavy (non-hydrogen) atoms. The van der Waals surface area contributed by atoms with E-state index in [4.69, 9.17) is 10.00 Å². The highest BCUT2D eigenvalue weighted by Crippen LogP contribution is 2.24. The molecule has 0 radical (unpaired) electrons. The smallest absolute Gasteiger partial charge is 0.144 e. The molecule has 1 heterocycles. The lowest BCUT2D eigenvalue weighted by Gasteiger charge is -2.20. The average molecular weight is 169 g/mol. The predicted molar refractivity (Wildman–Crippen MR) is 44.4 cm³/mol. The first-order chi connectivity index (χ1) is 5.65. The van der Waals surface area contributed by atoms with Crippen molar-refractivity contribution in [1.29, 1.82) is 5.26 Å². The van der Waals surface area contributed by atoms with Gasteiger partial charge in [0, 0.05) is 0 Å². The van der Waals surface area contributed by atoms with Gasteiger partial charge < -0.3 is 9.84 Å². The maximum Gasteiger partial charge on any atom is 0.144 e. The van der Waals surface area contributed by atoms with Crippen LogP contribution in [0.25, 0.3) is 0 Å². The van der Waals surface area contributed by atoms with E-state index in [1.165, 1.54) is 0 Å². The van der Waals surface area contributed by atoms with E-state index in [2.05, 4.69) is 6.07 Å². The molecule has 3 atom stereocenters. The van der Waals surface area contributed by atoms with Crippen LogP contribution >= 0.6 is 0 Å². The molecule has 1 N–H and O–H groups in total. The van der Waals surface area contributed by atoms with Crippen molar-refractivity contribution in [2.45, 2.75) is 45.0 Å². The first-order valence-electron chi connectivity index (χ1n) is 4.38. The van der Waals surface area contributed by atoms with Gasteiger partial charge in [-0.05, 0) is 18.8 Å². The number of aliphatic hydroxyl groups is 1. The van der Waals surface area contributed by atoms with Gasteiger partial charge in [-0.15, -0.1) is 0 Å². The zero-order chi connectivity index (χ0) is 9.14. The van der Waals surface area contributed by atoms with Crippen molar-refractivity contribution in [2.24, 2.45) is 5.92 Å². The van der Waals surface area contributed by atoms with E-state index in [1.54, 1.807) is 0 Å². The Morgan fingerprint density at radius 2 is 2.17 bits per heavy atom. The van der Waals surface area contributed by atoms with Crippen LogP contribution in [0.5, 0.6) is 0 Å². The Hall–Kier alpha value is -0.590. The minimum atomic E-state index is -0.427. The lowest BCUT2D eigenvalue weighted by atomic mass is 10.00. The second kappa shape index (κ2) is 3.88. The summed E-state index contributed by atoms with van der Waals surface area (Å²) in [4.78, 5) is 0. The Bertz CT molecular complexity index is 185. The van der Waals surface area contributed by atoms with Gasteiger partial charge in [0.2, 0.25) is 0 Å². The largest absolute Gasteiger partial charge is 0.390 e. The van der Waals surface area contributed by atoms with E-state index < -0.39 is 6.10 Å². The molecule has 0 aromatic heterocycles. The van der Waals surface area contributed by atoms with Crippen LogP contribution in [0.1, 0.15) is 26.7 Å². The first kappa shape index (κ1) is 9.50. The molecule has 68 valence electrons. The maximum absolute atomic E-state index is 9.61. The molecule has 0 saturated carbocycles. The molecule has 0 aromatic carbocycles. The standard InChI is InChI=1S/C9H15NO2/c1-6(2)9(11)8-4-3-7(5-10)12-8/h6-9,11H,3-4H2,1-2H3/t7-,8+,9-/m1/s1. The van der Waals surface area contributed by atoms with Crippen LogP contribution in [-0.4, -0.2) is 23.4 Å². The van der Waals surface area contributed by atoms with E-state index in [0.29, 0.717) is 0 Å². The summed E-state index contributed by atoms with van der Waals surface area (Å²) in [7, 11) is 0. The molecule has 1 aliphatic rings. The molecule has 0 amide bonds. The number of hydrogen-bond acceptors (Lipinski definition) is 3. The molecular formula is C9H15NO2. The van der Waals surface area contributed by atoms with E-state index in [-0.39, 0.29) is 18.1 Å². The molecule has 0 aliphatic carbocycles. The minimum absolute atomic E-state index is 0.130. The summed E-state index contributed by atoms with van der Waals surface area (Å²) in [5.41, 5.74) is 0. The Labute approximate surface area is 73.0 Å². The van der Waals surface area contributed by atoms with Crippen molar-refractivity contribution < 1.29 is 9.84 Å². The molecule has 3 heteroatoms. The summed E-state index contributed by atoms with van der Waals surface area (Å²) in [5, 5.41) is 18.2. The SMILES string of the molecule is CC(C)[C@@H](O)[C@@H]1CC[C@H](C#N)O1. The molecule has 1 fully saturated rings. The highest BCUT2D eigenvalue weighted by Gasteiger charge is 2.31. The van der Waals surface area contributed by atoms with Crippen LogP contribution in [0, 0.1) is 17.2 Å². The van der Waals surface area contributed by atoms with Gasteiger partial charge in [0.15, 0.2) is 0 Å². The molecule has 0 bridgehead atoms. The lowest BCUT2D eigenvalue weighted by Crippen LogP contribution is -2.30. The van der Waals surface area contributed by atoms with E-state index in [9.17, 15) is 5.11 Å². The van der Waals surface area contributed by atoms with Crippen LogP contribution in [-0.2, 0) is 4.74 Å².